The number of aromatic nitrogens is 13. The minimum Gasteiger partial charge on any atom is -0.368 e. The number of nitrogen functional groups attached to an aromatic ring is 2. The van der Waals surface area contributed by atoms with Crippen molar-refractivity contribution in [1.29, 1.82) is 0 Å². The Kier molecular flexibility index (Phi) is 11.1. The highest BCUT2D eigenvalue weighted by atomic mass is 19.3. The second kappa shape index (κ2) is 17.5. The molecule has 19 nitrogen and oxygen atoms in total. The summed E-state index contributed by atoms with van der Waals surface area (Å²) in [5.41, 5.74) is 17.0. The van der Waals surface area contributed by atoms with Gasteiger partial charge in [-0.05, 0) is 61.1 Å². The molecule has 0 atom stereocenters. The molecule has 330 valence electrons. The number of hydrogen-bond acceptors (Lipinski definition) is 18. The van der Waals surface area contributed by atoms with Gasteiger partial charge in [0.05, 0.1) is 39.5 Å². The molecule has 65 heavy (non-hydrogen) atoms. The Morgan fingerprint density at radius 3 is 1.57 bits per heavy atom. The summed E-state index contributed by atoms with van der Waals surface area (Å²) < 4.78 is 37.4. The molecule has 0 unspecified atom stereocenters. The van der Waals surface area contributed by atoms with Crippen LogP contribution in [0.25, 0.3) is 45.4 Å². The van der Waals surface area contributed by atoms with Crippen molar-refractivity contribution >= 4 is 17.7 Å². The quantitative estimate of drug-likeness (QED) is 0.144. The Bertz CT molecular complexity index is 2840. The maximum absolute atomic E-state index is 12.6. The normalized spacial score (nSPS) is 16.3. The molecule has 9 heterocycles. The lowest BCUT2D eigenvalue weighted by Gasteiger charge is -2.39. The molecule has 2 aliphatic carbocycles. The molecule has 3 aliphatic rings. The lowest BCUT2D eigenvalue weighted by Crippen LogP contribution is -2.43. The number of nitrogens with zero attached hydrogens (tertiary/aromatic N) is 14. The highest BCUT2D eigenvalue weighted by Crippen LogP contribution is 2.49. The molecule has 0 aromatic carbocycles. The fourth-order valence-corrected chi connectivity index (χ4v) is 8.36. The minimum absolute atomic E-state index is 0.210. The van der Waals surface area contributed by atoms with E-state index in [4.69, 9.17) is 25.5 Å². The predicted octanol–water partition coefficient (Wildman–Crippen LogP) is 5.55. The zero-order valence-corrected chi connectivity index (χ0v) is 35.0. The van der Waals surface area contributed by atoms with Gasteiger partial charge in [-0.3, -0.25) is 14.6 Å². The molecule has 5 N–H and O–H groups in total. The molecule has 11 rings (SSSR count). The number of nitrogens with one attached hydrogen (secondary N) is 1. The number of anilines is 3. The molecule has 1 saturated heterocycles. The van der Waals surface area contributed by atoms with Gasteiger partial charge in [-0.15, -0.1) is 0 Å². The van der Waals surface area contributed by atoms with Gasteiger partial charge in [0.1, 0.15) is 12.4 Å². The number of rotatable bonds is 11. The van der Waals surface area contributed by atoms with Crippen LogP contribution >= 0.6 is 0 Å². The highest BCUT2D eigenvalue weighted by Gasteiger charge is 2.46. The second-order valence-corrected chi connectivity index (χ2v) is 16.2. The van der Waals surface area contributed by atoms with Crippen LogP contribution in [0.4, 0.5) is 26.5 Å². The molecule has 2 saturated carbocycles. The third-order valence-corrected chi connectivity index (χ3v) is 12.3. The first kappa shape index (κ1) is 41.3. The first-order chi connectivity index (χ1) is 31.7. The summed E-state index contributed by atoms with van der Waals surface area (Å²) in [6, 6.07) is 12.0. The first-order valence-electron chi connectivity index (χ1n) is 21.2. The molecule has 8 aromatic heterocycles. The fourth-order valence-electron chi connectivity index (χ4n) is 8.36. The zero-order valence-electron chi connectivity index (χ0n) is 35.0. The van der Waals surface area contributed by atoms with Crippen LogP contribution in [0.3, 0.4) is 0 Å². The van der Waals surface area contributed by atoms with Crippen LogP contribution in [0.5, 0.6) is 0 Å². The highest BCUT2D eigenvalue weighted by molar-refractivity contribution is 5.60. The molecular formula is C44H43F2N17O2. The van der Waals surface area contributed by atoms with Crippen LogP contribution in [0.15, 0.2) is 101 Å². The van der Waals surface area contributed by atoms with Crippen molar-refractivity contribution < 1.29 is 17.8 Å². The summed E-state index contributed by atoms with van der Waals surface area (Å²) in [5.74, 6) is 3.43. The summed E-state index contributed by atoms with van der Waals surface area (Å²) in [5, 5.41) is 15.8. The smallest absolute Gasteiger partial charge is 0.261 e. The van der Waals surface area contributed by atoms with E-state index >= 15 is 0 Å². The first-order valence-corrected chi connectivity index (χ1v) is 21.2. The maximum Gasteiger partial charge on any atom is 0.261 e. The molecule has 8 aromatic rings. The summed E-state index contributed by atoms with van der Waals surface area (Å²) in [6.07, 6.45) is 18.3. The van der Waals surface area contributed by atoms with Crippen LogP contribution in [-0.2, 0) is 17.4 Å². The molecule has 0 spiro atoms. The Morgan fingerprint density at radius 2 is 1.12 bits per heavy atom. The van der Waals surface area contributed by atoms with Gasteiger partial charge in [-0.2, -0.15) is 15.1 Å². The van der Waals surface area contributed by atoms with E-state index in [2.05, 4.69) is 71.6 Å². The predicted molar refractivity (Wildman–Crippen MR) is 233 cm³/mol. The van der Waals surface area contributed by atoms with Gasteiger partial charge in [-0.1, -0.05) is 35.3 Å². The van der Waals surface area contributed by atoms with Gasteiger partial charge >= 0.3 is 0 Å². The topological polar surface area (TPSA) is 253 Å². The fraction of sp³-hybridized carbons (Fsp3) is 0.318. The van der Waals surface area contributed by atoms with Crippen molar-refractivity contribution in [3.05, 3.63) is 115 Å². The lowest BCUT2D eigenvalue weighted by atomic mass is 9.64. The number of piperazine rings is 1. The maximum atomic E-state index is 12.6. The molecule has 1 aliphatic heterocycles. The van der Waals surface area contributed by atoms with Crippen molar-refractivity contribution in [3.8, 4) is 45.4 Å². The molecule has 0 amide bonds. The van der Waals surface area contributed by atoms with E-state index in [1.54, 1.807) is 24.8 Å². The van der Waals surface area contributed by atoms with E-state index in [0.29, 0.717) is 23.1 Å². The summed E-state index contributed by atoms with van der Waals surface area (Å²) >= 11 is 0. The van der Waals surface area contributed by atoms with Crippen LogP contribution in [0.1, 0.15) is 61.3 Å². The van der Waals surface area contributed by atoms with Crippen molar-refractivity contribution in [2.45, 2.75) is 62.3 Å². The Balaban J connectivity index is 0.000000154. The Labute approximate surface area is 370 Å². The van der Waals surface area contributed by atoms with Crippen molar-refractivity contribution in [2.24, 2.45) is 0 Å². The molecule has 3 fully saturated rings. The molecule has 21 heteroatoms. The van der Waals surface area contributed by atoms with Crippen molar-refractivity contribution in [1.82, 2.24) is 70.3 Å². The second-order valence-electron chi connectivity index (χ2n) is 16.2. The van der Waals surface area contributed by atoms with Crippen molar-refractivity contribution in [2.75, 3.05) is 42.5 Å². The van der Waals surface area contributed by atoms with E-state index in [-0.39, 0.29) is 28.6 Å². The van der Waals surface area contributed by atoms with E-state index in [1.165, 1.54) is 12.4 Å². The number of hydrogen-bond donors (Lipinski definition) is 3. The molecule has 0 radical (unpaired) electrons. The Hall–Kier alpha value is -7.68. The van der Waals surface area contributed by atoms with Gasteiger partial charge in [-0.25, -0.2) is 33.7 Å². The van der Waals surface area contributed by atoms with Gasteiger partial charge in [0.2, 0.25) is 11.9 Å². The average Bonchev–Trinajstić information content (AvgIpc) is 4.11. The number of pyridine rings is 3. The number of nitrogens with two attached hydrogens (primary N) is 2. The largest absolute Gasteiger partial charge is 0.368 e. The van der Waals surface area contributed by atoms with Gasteiger partial charge < -0.3 is 30.7 Å². The standard InChI is InChI=1S/C24H25N9O.C20H18F2N8O/c25-23-29-13-17(14-30-23)19-4-3-18(15-27-19)24(6-1-7-24)22-31-21(34-32-22)16-2-5-20(28-12-16)33-10-8-26-9-11-33;21-16(22)11-30-10-13(8-27-30)17-28-18(29-31-17)20(4-1-5-20)14-2-3-15(24-9-14)12-6-25-19(23)26-7-12/h2-5,12-15,26H,1,6-11H2,(H2,25,29,30);2-3,6-10,16H,1,4-5,11H2,(H2,23,25,26). The lowest BCUT2D eigenvalue weighted by molar-refractivity contribution is 0.122. The van der Waals surface area contributed by atoms with Crippen LogP contribution in [0, 0.1) is 0 Å². The minimum atomic E-state index is -2.49. The SMILES string of the molecule is Nc1ncc(-c2ccc(C3(c4noc(-c5ccc(N6CCNCC6)nc5)n4)CCC3)cn2)cn1.Nc1ncc(-c2ccc(C3(c4noc(-c5cnn(CC(F)F)c5)n4)CCC3)cn2)cn1. The third kappa shape index (κ3) is 8.32. The van der Waals surface area contributed by atoms with E-state index < -0.39 is 13.0 Å². The van der Waals surface area contributed by atoms with Gasteiger partial charge in [0.25, 0.3) is 18.2 Å². The van der Waals surface area contributed by atoms with E-state index in [1.807, 2.05) is 48.9 Å². The van der Waals surface area contributed by atoms with Crippen LogP contribution in [-0.4, -0.2) is 97.6 Å². The third-order valence-electron chi connectivity index (χ3n) is 12.3. The summed E-state index contributed by atoms with van der Waals surface area (Å²) in [6.45, 7) is 3.38. The molecular weight excluding hydrogens is 837 g/mol. The summed E-state index contributed by atoms with van der Waals surface area (Å²) in [4.78, 5) is 41.5. The zero-order chi connectivity index (χ0) is 44.4. The van der Waals surface area contributed by atoms with Crippen LogP contribution < -0.4 is 21.7 Å². The van der Waals surface area contributed by atoms with Crippen molar-refractivity contribution in [3.63, 3.8) is 0 Å². The number of alkyl halides is 2. The van der Waals surface area contributed by atoms with Gasteiger partial charge in [0, 0.05) is 86.9 Å². The monoisotopic (exact) mass is 879 g/mol. The van der Waals surface area contributed by atoms with Crippen LogP contribution in [0.2, 0.25) is 0 Å². The van der Waals surface area contributed by atoms with E-state index in [0.717, 1.165) is 114 Å². The number of halogens is 2. The molecule has 0 bridgehead atoms. The Morgan fingerprint density at radius 1 is 0.600 bits per heavy atom. The summed E-state index contributed by atoms with van der Waals surface area (Å²) in [7, 11) is 0. The van der Waals surface area contributed by atoms with E-state index in [9.17, 15) is 8.78 Å². The van der Waals surface area contributed by atoms with Gasteiger partial charge in [0.15, 0.2) is 11.6 Å². The average molecular weight is 880 g/mol.